The van der Waals surface area contributed by atoms with Gasteiger partial charge in [-0.15, -0.1) is 0 Å². The molecule has 0 aromatic heterocycles. The van der Waals surface area contributed by atoms with Gasteiger partial charge in [0.1, 0.15) is 11.5 Å². The predicted octanol–water partition coefficient (Wildman–Crippen LogP) is 1.80. The Morgan fingerprint density at radius 2 is 1.79 bits per heavy atom. The fourth-order valence-electron chi connectivity index (χ4n) is 1.85. The minimum atomic E-state index is -3.83. The summed E-state index contributed by atoms with van der Waals surface area (Å²) >= 11 is 0. The lowest BCUT2D eigenvalue weighted by Gasteiger charge is -2.16. The summed E-state index contributed by atoms with van der Waals surface area (Å²) in [5, 5.41) is 9.63. The van der Waals surface area contributed by atoms with Crippen LogP contribution >= 0.6 is 0 Å². The van der Waals surface area contributed by atoms with Crippen LogP contribution in [-0.4, -0.2) is 19.3 Å². The fraction of sp³-hybridized carbons (Fsp3) is 0.308. The van der Waals surface area contributed by atoms with Gasteiger partial charge in [0, 0.05) is 12.8 Å². The number of rotatable bonds is 3. The van der Waals surface area contributed by atoms with Crippen molar-refractivity contribution in [3.63, 3.8) is 0 Å². The summed E-state index contributed by atoms with van der Waals surface area (Å²) in [5.41, 5.74) is 0.738. The molecule has 1 aliphatic carbocycles. The molecule has 1 aromatic carbocycles. The van der Waals surface area contributed by atoms with E-state index in [0.717, 1.165) is 5.56 Å². The molecule has 2 rings (SSSR count). The summed E-state index contributed by atoms with van der Waals surface area (Å²) in [5.74, 6) is -0.564. The minimum Gasteiger partial charge on any atom is -0.510 e. The largest absolute Gasteiger partial charge is 0.510 e. The van der Waals surface area contributed by atoms with Crippen LogP contribution in [0.2, 0.25) is 0 Å². The number of nitrogens with one attached hydrogen (secondary N) is 1. The van der Waals surface area contributed by atoms with Crippen LogP contribution in [0, 0.1) is 6.92 Å². The molecule has 0 fully saturated rings. The molecule has 1 aromatic rings. The monoisotopic (exact) mass is 281 g/mol. The molecule has 6 heteroatoms. The number of allylic oxidation sites excluding steroid dienone is 2. The number of aryl methyl sites for hydroxylation is 1. The van der Waals surface area contributed by atoms with Crippen molar-refractivity contribution >= 4 is 15.8 Å². The van der Waals surface area contributed by atoms with E-state index in [0.29, 0.717) is 12.8 Å². The third-order valence-electron chi connectivity index (χ3n) is 2.95. The second kappa shape index (κ2) is 5.05. The molecule has 2 N–H and O–H groups in total. The lowest BCUT2D eigenvalue weighted by Crippen LogP contribution is -2.30. The molecular weight excluding hydrogens is 266 g/mol. The number of carbonyl (C=O) groups excluding carboxylic acids is 1. The van der Waals surface area contributed by atoms with Crippen molar-refractivity contribution in [1.29, 1.82) is 0 Å². The molecule has 0 bridgehead atoms. The van der Waals surface area contributed by atoms with E-state index in [1.807, 2.05) is 6.92 Å². The van der Waals surface area contributed by atoms with Crippen molar-refractivity contribution in [2.75, 3.05) is 0 Å². The molecule has 19 heavy (non-hydrogen) atoms. The fourth-order valence-corrected chi connectivity index (χ4v) is 2.97. The molecule has 0 saturated heterocycles. The first kappa shape index (κ1) is 13.6. The first-order valence-corrected chi connectivity index (χ1v) is 7.43. The van der Waals surface area contributed by atoms with E-state index in [4.69, 9.17) is 0 Å². The minimum absolute atomic E-state index is 0.0665. The highest BCUT2D eigenvalue weighted by Crippen LogP contribution is 2.20. The second-order valence-corrected chi connectivity index (χ2v) is 6.20. The first-order chi connectivity index (χ1) is 8.90. The number of carbonyl (C=O) groups is 1. The highest BCUT2D eigenvalue weighted by molar-refractivity contribution is 7.89. The van der Waals surface area contributed by atoms with Gasteiger partial charge in [0.25, 0.3) is 10.0 Å². The molecule has 102 valence electrons. The average molecular weight is 281 g/mol. The van der Waals surface area contributed by atoms with E-state index < -0.39 is 10.0 Å². The maximum absolute atomic E-state index is 12.1. The molecule has 0 aliphatic heterocycles. The first-order valence-electron chi connectivity index (χ1n) is 5.95. The molecule has 0 unspecified atom stereocenters. The highest BCUT2D eigenvalue weighted by Gasteiger charge is 2.25. The van der Waals surface area contributed by atoms with Gasteiger partial charge < -0.3 is 5.11 Å². The SMILES string of the molecule is Cc1ccc(S(=O)(=O)NC2=C(O)CCCC2=O)cc1. The summed E-state index contributed by atoms with van der Waals surface area (Å²) in [6, 6.07) is 6.27. The van der Waals surface area contributed by atoms with E-state index in [-0.39, 0.29) is 28.6 Å². The van der Waals surface area contributed by atoms with Crippen molar-refractivity contribution in [2.45, 2.75) is 31.1 Å². The maximum Gasteiger partial charge on any atom is 0.262 e. The normalized spacial score (nSPS) is 16.6. The van der Waals surface area contributed by atoms with Crippen molar-refractivity contribution in [3.8, 4) is 0 Å². The summed E-state index contributed by atoms with van der Waals surface area (Å²) in [6.45, 7) is 1.85. The van der Waals surface area contributed by atoms with Gasteiger partial charge in [-0.25, -0.2) is 8.42 Å². The third-order valence-corrected chi connectivity index (χ3v) is 4.32. The van der Waals surface area contributed by atoms with Gasteiger partial charge in [-0.1, -0.05) is 17.7 Å². The number of sulfonamides is 1. The molecule has 0 saturated carbocycles. The van der Waals surface area contributed by atoms with E-state index in [9.17, 15) is 18.3 Å². The zero-order valence-corrected chi connectivity index (χ0v) is 11.3. The second-order valence-electron chi connectivity index (χ2n) is 4.52. The molecule has 0 spiro atoms. The Morgan fingerprint density at radius 3 is 2.37 bits per heavy atom. The Kier molecular flexibility index (Phi) is 3.61. The predicted molar refractivity (Wildman–Crippen MR) is 70.0 cm³/mol. The summed E-state index contributed by atoms with van der Waals surface area (Å²) < 4.78 is 26.4. The maximum atomic E-state index is 12.1. The lowest BCUT2D eigenvalue weighted by atomic mass is 10.0. The topological polar surface area (TPSA) is 83.5 Å². The smallest absolute Gasteiger partial charge is 0.262 e. The van der Waals surface area contributed by atoms with Crippen LogP contribution in [0.1, 0.15) is 24.8 Å². The van der Waals surface area contributed by atoms with Crippen molar-refractivity contribution in [2.24, 2.45) is 0 Å². The van der Waals surface area contributed by atoms with Crippen molar-refractivity contribution in [3.05, 3.63) is 41.3 Å². The number of hydrogen-bond donors (Lipinski definition) is 2. The average Bonchev–Trinajstić information content (AvgIpc) is 2.35. The molecule has 1 aliphatic rings. The van der Waals surface area contributed by atoms with E-state index in [2.05, 4.69) is 4.72 Å². The van der Waals surface area contributed by atoms with Gasteiger partial charge in [-0.05, 0) is 25.5 Å². The molecule has 0 amide bonds. The Labute approximate surface area is 112 Å². The summed E-state index contributed by atoms with van der Waals surface area (Å²) in [6.07, 6.45) is 1.10. The van der Waals surface area contributed by atoms with E-state index in [1.54, 1.807) is 12.1 Å². The van der Waals surface area contributed by atoms with Gasteiger partial charge in [0.05, 0.1) is 4.90 Å². The standard InChI is InChI=1S/C13H15NO4S/c1-9-5-7-10(8-6-9)19(17,18)14-13-11(15)3-2-4-12(13)16/h5-8,14-15H,2-4H2,1H3. The Balaban J connectivity index is 2.31. The summed E-state index contributed by atoms with van der Waals surface area (Å²) in [7, 11) is -3.83. The van der Waals surface area contributed by atoms with Crippen LogP contribution < -0.4 is 4.72 Å². The van der Waals surface area contributed by atoms with Crippen LogP contribution in [-0.2, 0) is 14.8 Å². The van der Waals surface area contributed by atoms with Crippen molar-refractivity contribution in [1.82, 2.24) is 4.72 Å². The molecule has 0 atom stereocenters. The number of aliphatic hydroxyl groups is 1. The molecule has 5 nitrogen and oxygen atoms in total. The van der Waals surface area contributed by atoms with Gasteiger partial charge in [-0.2, -0.15) is 0 Å². The third kappa shape index (κ3) is 2.96. The van der Waals surface area contributed by atoms with Crippen molar-refractivity contribution < 1.29 is 18.3 Å². The van der Waals surface area contributed by atoms with Crippen LogP contribution in [0.5, 0.6) is 0 Å². The molecule has 0 radical (unpaired) electrons. The zero-order chi connectivity index (χ0) is 14.0. The van der Waals surface area contributed by atoms with Crippen LogP contribution in [0.3, 0.4) is 0 Å². The van der Waals surface area contributed by atoms with Crippen LogP contribution in [0.4, 0.5) is 0 Å². The van der Waals surface area contributed by atoms with Gasteiger partial charge >= 0.3 is 0 Å². The van der Waals surface area contributed by atoms with E-state index >= 15 is 0 Å². The Morgan fingerprint density at radius 1 is 1.16 bits per heavy atom. The zero-order valence-electron chi connectivity index (χ0n) is 10.5. The summed E-state index contributed by atoms with van der Waals surface area (Å²) in [4.78, 5) is 11.7. The van der Waals surface area contributed by atoms with E-state index in [1.165, 1.54) is 12.1 Å². The molecular formula is C13H15NO4S. The quantitative estimate of drug-likeness (QED) is 0.884. The number of hydrogen-bond acceptors (Lipinski definition) is 4. The number of Topliss-reactive ketones (excluding diaryl/α,β-unsaturated/α-hetero) is 1. The highest BCUT2D eigenvalue weighted by atomic mass is 32.2. The lowest BCUT2D eigenvalue weighted by molar-refractivity contribution is -0.116. The van der Waals surface area contributed by atoms with Crippen LogP contribution in [0.25, 0.3) is 0 Å². The van der Waals surface area contributed by atoms with Crippen LogP contribution in [0.15, 0.2) is 40.6 Å². The van der Waals surface area contributed by atoms with Gasteiger partial charge in [0.15, 0.2) is 5.78 Å². The van der Waals surface area contributed by atoms with Gasteiger partial charge in [-0.3, -0.25) is 9.52 Å². The number of aliphatic hydroxyl groups excluding tert-OH is 1. The number of benzene rings is 1. The Bertz CT molecular complexity index is 629. The van der Waals surface area contributed by atoms with Gasteiger partial charge in [0.2, 0.25) is 0 Å². The number of ketones is 1. The molecule has 0 heterocycles. The Hall–Kier alpha value is -1.82.